The molecule has 2 aliphatic carbocycles. The van der Waals surface area contributed by atoms with E-state index in [1.54, 1.807) is 30.3 Å². The van der Waals surface area contributed by atoms with E-state index in [-0.39, 0.29) is 29.0 Å². The first kappa shape index (κ1) is 23.4. The highest BCUT2D eigenvalue weighted by Gasteiger charge is 2.54. The summed E-state index contributed by atoms with van der Waals surface area (Å²) in [6, 6.07) is 12.6. The molecule has 2 aromatic rings. The maximum absolute atomic E-state index is 13.1. The van der Waals surface area contributed by atoms with Crippen LogP contribution in [0.4, 0.5) is 5.69 Å². The van der Waals surface area contributed by atoms with E-state index in [9.17, 15) is 19.6 Å². The number of ether oxygens (including phenoxy) is 1. The van der Waals surface area contributed by atoms with Gasteiger partial charge < -0.3 is 10.1 Å². The van der Waals surface area contributed by atoms with Crippen molar-refractivity contribution in [1.82, 2.24) is 0 Å². The summed E-state index contributed by atoms with van der Waals surface area (Å²) in [6.07, 6.45) is 3.30. The zero-order valence-electron chi connectivity index (χ0n) is 20.1. The van der Waals surface area contributed by atoms with Gasteiger partial charge in [0.2, 0.25) is 0 Å². The molecule has 2 atom stereocenters. The molecule has 0 radical (unpaired) electrons. The fourth-order valence-electron chi connectivity index (χ4n) is 5.70. The molecule has 2 aliphatic rings. The molecule has 6 nitrogen and oxygen atoms in total. The molecule has 0 unspecified atom stereocenters. The molecular formula is C28H28N2O4. The fraction of sp³-hybridized carbons (Fsp3) is 0.357. The Bertz CT molecular complexity index is 1280. The number of allylic oxidation sites excluding steroid dienone is 2. The van der Waals surface area contributed by atoms with Crippen LogP contribution in [0.25, 0.3) is 0 Å². The van der Waals surface area contributed by atoms with E-state index in [1.165, 1.54) is 14.0 Å². The monoisotopic (exact) mass is 456 g/mol. The standard InChI is InChI=1S/C28H28N2O4/c1-16(31)17-6-9-20(10-7-17)30-26(33)21-12-18-8-11-24-27(2,3)25(32)19(15-29)14-28(24,4)22(18)13-23(21)34-5/h6-7,9-10,12-14,24H,8,11H2,1-5H3,(H,30,33)/t24-,28+/m0/s1. The van der Waals surface area contributed by atoms with Crippen molar-refractivity contribution in [2.45, 2.75) is 46.0 Å². The average Bonchev–Trinajstić information content (AvgIpc) is 2.81. The lowest BCUT2D eigenvalue weighted by atomic mass is 9.51. The average molecular weight is 457 g/mol. The Balaban J connectivity index is 1.75. The fourth-order valence-corrected chi connectivity index (χ4v) is 5.70. The van der Waals surface area contributed by atoms with E-state index in [4.69, 9.17) is 4.74 Å². The van der Waals surface area contributed by atoms with Crippen LogP contribution in [0.15, 0.2) is 48.0 Å². The summed E-state index contributed by atoms with van der Waals surface area (Å²) in [5.74, 6) is -0.00168. The van der Waals surface area contributed by atoms with Crippen molar-refractivity contribution in [2.75, 3.05) is 12.4 Å². The van der Waals surface area contributed by atoms with Gasteiger partial charge in [0.1, 0.15) is 11.8 Å². The van der Waals surface area contributed by atoms with Crippen LogP contribution in [0.5, 0.6) is 5.75 Å². The third kappa shape index (κ3) is 3.62. The molecule has 0 heterocycles. The number of rotatable bonds is 4. The second kappa shape index (κ2) is 8.25. The first-order valence-corrected chi connectivity index (χ1v) is 11.3. The Morgan fingerprint density at radius 2 is 1.82 bits per heavy atom. The van der Waals surface area contributed by atoms with Gasteiger partial charge in [0.15, 0.2) is 11.6 Å². The summed E-state index contributed by atoms with van der Waals surface area (Å²) in [5.41, 5.74) is 2.55. The molecule has 2 aromatic carbocycles. The number of carbonyl (C=O) groups is 3. The van der Waals surface area contributed by atoms with Crippen LogP contribution in [0.2, 0.25) is 0 Å². The maximum Gasteiger partial charge on any atom is 0.259 e. The highest BCUT2D eigenvalue weighted by atomic mass is 16.5. The van der Waals surface area contributed by atoms with Crippen LogP contribution in [-0.2, 0) is 16.6 Å². The molecule has 0 aliphatic heterocycles. The molecule has 0 fully saturated rings. The lowest BCUT2D eigenvalue weighted by Gasteiger charge is -2.51. The minimum absolute atomic E-state index is 0.0290. The smallest absolute Gasteiger partial charge is 0.259 e. The first-order valence-electron chi connectivity index (χ1n) is 11.3. The van der Waals surface area contributed by atoms with Crippen molar-refractivity contribution in [3.8, 4) is 11.8 Å². The number of benzene rings is 2. The van der Waals surface area contributed by atoms with Gasteiger partial charge >= 0.3 is 0 Å². The van der Waals surface area contributed by atoms with Gasteiger partial charge in [0.25, 0.3) is 5.91 Å². The number of hydrogen-bond acceptors (Lipinski definition) is 5. The Morgan fingerprint density at radius 1 is 1.15 bits per heavy atom. The van der Waals surface area contributed by atoms with Crippen LogP contribution < -0.4 is 10.1 Å². The minimum atomic E-state index is -0.665. The van der Waals surface area contributed by atoms with Crippen molar-refractivity contribution < 1.29 is 19.1 Å². The van der Waals surface area contributed by atoms with E-state index in [0.717, 1.165) is 24.0 Å². The van der Waals surface area contributed by atoms with Crippen LogP contribution >= 0.6 is 0 Å². The lowest BCUT2D eigenvalue weighted by molar-refractivity contribution is -0.128. The highest BCUT2D eigenvalue weighted by Crippen LogP contribution is 2.55. The molecule has 0 saturated heterocycles. The first-order chi connectivity index (χ1) is 16.0. The van der Waals surface area contributed by atoms with Crippen molar-refractivity contribution in [3.63, 3.8) is 0 Å². The summed E-state index contributed by atoms with van der Waals surface area (Å²) < 4.78 is 5.61. The van der Waals surface area contributed by atoms with Crippen LogP contribution in [0, 0.1) is 22.7 Å². The van der Waals surface area contributed by atoms with Crippen molar-refractivity contribution in [3.05, 3.63) is 70.3 Å². The van der Waals surface area contributed by atoms with Gasteiger partial charge in [0, 0.05) is 22.1 Å². The molecule has 0 saturated carbocycles. The van der Waals surface area contributed by atoms with E-state index in [1.807, 2.05) is 26.0 Å². The largest absolute Gasteiger partial charge is 0.496 e. The van der Waals surface area contributed by atoms with E-state index in [2.05, 4.69) is 18.3 Å². The Morgan fingerprint density at radius 3 is 2.41 bits per heavy atom. The van der Waals surface area contributed by atoms with Gasteiger partial charge in [-0.05, 0) is 73.2 Å². The number of ketones is 2. The molecule has 1 N–H and O–H groups in total. The number of methoxy groups -OCH3 is 1. The molecular weight excluding hydrogens is 428 g/mol. The third-order valence-electron chi connectivity index (χ3n) is 7.49. The topological polar surface area (TPSA) is 96.3 Å². The number of nitrogens with one attached hydrogen (secondary N) is 1. The van der Waals surface area contributed by atoms with Crippen molar-refractivity contribution in [1.29, 1.82) is 5.26 Å². The van der Waals surface area contributed by atoms with Crippen LogP contribution in [0.3, 0.4) is 0 Å². The molecule has 34 heavy (non-hydrogen) atoms. The predicted molar refractivity (Wildman–Crippen MR) is 129 cm³/mol. The normalized spacial score (nSPS) is 22.5. The summed E-state index contributed by atoms with van der Waals surface area (Å²) >= 11 is 0. The number of amides is 1. The zero-order chi connectivity index (χ0) is 24.8. The van der Waals surface area contributed by atoms with E-state index < -0.39 is 10.8 Å². The van der Waals surface area contributed by atoms with Gasteiger partial charge in [-0.25, -0.2) is 0 Å². The minimum Gasteiger partial charge on any atom is -0.496 e. The number of Topliss-reactive ketones (excluding diaryl/α,β-unsaturated/α-hetero) is 2. The Labute approximate surface area is 199 Å². The van der Waals surface area contributed by atoms with Crippen LogP contribution in [0.1, 0.15) is 66.0 Å². The molecule has 0 bridgehead atoms. The number of carbonyl (C=O) groups excluding carboxylic acids is 3. The molecule has 0 spiro atoms. The lowest BCUT2D eigenvalue weighted by Crippen LogP contribution is -2.51. The quantitative estimate of drug-likeness (QED) is 0.651. The number of hydrogen-bond donors (Lipinski definition) is 1. The number of nitriles is 1. The summed E-state index contributed by atoms with van der Waals surface area (Å²) in [5, 5.41) is 12.5. The molecule has 174 valence electrons. The summed E-state index contributed by atoms with van der Waals surface area (Å²) in [6.45, 7) is 7.40. The van der Waals surface area contributed by atoms with Crippen molar-refractivity contribution in [2.24, 2.45) is 11.3 Å². The zero-order valence-corrected chi connectivity index (χ0v) is 20.1. The number of aryl methyl sites for hydroxylation is 1. The molecule has 0 aromatic heterocycles. The molecule has 4 rings (SSSR count). The van der Waals surface area contributed by atoms with Gasteiger partial charge in [0.05, 0.1) is 18.2 Å². The predicted octanol–water partition coefficient (Wildman–Crippen LogP) is 5.03. The van der Waals surface area contributed by atoms with Crippen LogP contribution in [-0.4, -0.2) is 24.6 Å². The molecule has 6 heteroatoms. The van der Waals surface area contributed by atoms with Gasteiger partial charge in [-0.15, -0.1) is 0 Å². The molecule has 1 amide bonds. The summed E-state index contributed by atoms with van der Waals surface area (Å²) in [4.78, 5) is 37.5. The SMILES string of the molecule is COc1cc2c(cc1C(=O)Nc1ccc(C(C)=O)cc1)CC[C@H]1C(C)(C)C(=O)C(C#N)=C[C@]21C. The maximum atomic E-state index is 13.1. The number of anilines is 1. The van der Waals surface area contributed by atoms with Crippen molar-refractivity contribution >= 4 is 23.2 Å². The highest BCUT2D eigenvalue weighted by molar-refractivity contribution is 6.07. The number of nitrogens with zero attached hydrogens (tertiary/aromatic N) is 1. The number of fused-ring (bicyclic) bond motifs is 3. The second-order valence-electron chi connectivity index (χ2n) is 9.89. The van der Waals surface area contributed by atoms with E-state index in [0.29, 0.717) is 22.6 Å². The van der Waals surface area contributed by atoms with Gasteiger partial charge in [-0.3, -0.25) is 14.4 Å². The Kier molecular flexibility index (Phi) is 5.69. The summed E-state index contributed by atoms with van der Waals surface area (Å²) in [7, 11) is 1.52. The van der Waals surface area contributed by atoms with Gasteiger partial charge in [-0.2, -0.15) is 5.26 Å². The van der Waals surface area contributed by atoms with E-state index >= 15 is 0 Å². The third-order valence-corrected chi connectivity index (χ3v) is 7.49. The van der Waals surface area contributed by atoms with Gasteiger partial charge in [-0.1, -0.05) is 26.8 Å². The Hall–Kier alpha value is -3.72. The second-order valence-corrected chi connectivity index (χ2v) is 9.89.